The summed E-state index contributed by atoms with van der Waals surface area (Å²) in [5.41, 5.74) is 1.23. The number of nitrogens with one attached hydrogen (secondary N) is 1. The van der Waals surface area contributed by atoms with Crippen LogP contribution in [0.15, 0.2) is 65.2 Å². The van der Waals surface area contributed by atoms with Crippen molar-refractivity contribution in [3.8, 4) is 5.75 Å². The van der Waals surface area contributed by atoms with Crippen molar-refractivity contribution < 1.29 is 9.50 Å². The summed E-state index contributed by atoms with van der Waals surface area (Å²) in [5, 5.41) is 14.1. The standard InChI is InChI=1S/C18H14FN5OS/c1-24-7-6-20-18(24)26-16-5-2-11(8-14(16)19)23-17-13-9-12(25)3-4-15(13)21-10-22-17/h2-10,25H,1H3,(H,21,22,23). The molecule has 0 bridgehead atoms. The maximum Gasteiger partial charge on any atom is 0.172 e. The maximum atomic E-state index is 14.5. The van der Waals surface area contributed by atoms with Gasteiger partial charge in [0.2, 0.25) is 0 Å². The fourth-order valence-electron chi connectivity index (χ4n) is 2.49. The van der Waals surface area contributed by atoms with Crippen LogP contribution >= 0.6 is 11.8 Å². The Morgan fingerprint density at radius 1 is 1.12 bits per heavy atom. The van der Waals surface area contributed by atoms with Gasteiger partial charge in [0, 0.05) is 30.5 Å². The van der Waals surface area contributed by atoms with Gasteiger partial charge in [0.1, 0.15) is 23.7 Å². The average molecular weight is 367 g/mol. The van der Waals surface area contributed by atoms with Crippen molar-refractivity contribution in [2.24, 2.45) is 7.05 Å². The van der Waals surface area contributed by atoms with Crippen LogP contribution in [0.25, 0.3) is 10.9 Å². The van der Waals surface area contributed by atoms with Crippen LogP contribution in [0.3, 0.4) is 0 Å². The Balaban J connectivity index is 1.63. The minimum Gasteiger partial charge on any atom is -0.508 e. The number of aromatic nitrogens is 4. The van der Waals surface area contributed by atoms with E-state index in [4.69, 9.17) is 0 Å². The number of rotatable bonds is 4. The second-order valence-corrected chi connectivity index (χ2v) is 6.63. The van der Waals surface area contributed by atoms with E-state index in [0.717, 1.165) is 0 Å². The summed E-state index contributed by atoms with van der Waals surface area (Å²) in [6.07, 6.45) is 4.90. The highest BCUT2D eigenvalue weighted by atomic mass is 32.2. The molecule has 4 aromatic rings. The molecule has 0 aliphatic rings. The first-order valence-corrected chi connectivity index (χ1v) is 8.57. The van der Waals surface area contributed by atoms with Crippen LogP contribution in [0.5, 0.6) is 5.75 Å². The third-order valence-electron chi connectivity index (χ3n) is 3.79. The van der Waals surface area contributed by atoms with Crippen molar-refractivity contribution in [3.63, 3.8) is 0 Å². The molecule has 0 amide bonds. The zero-order chi connectivity index (χ0) is 18.1. The van der Waals surface area contributed by atoms with E-state index in [1.54, 1.807) is 36.5 Å². The molecule has 26 heavy (non-hydrogen) atoms. The molecular weight excluding hydrogens is 353 g/mol. The van der Waals surface area contributed by atoms with Gasteiger partial charge in [-0.3, -0.25) is 0 Å². The number of phenolic OH excluding ortho intramolecular Hbond substituents is 1. The second kappa shape index (κ2) is 6.64. The maximum absolute atomic E-state index is 14.5. The Morgan fingerprint density at radius 2 is 2.00 bits per heavy atom. The topological polar surface area (TPSA) is 75.9 Å². The summed E-state index contributed by atoms with van der Waals surface area (Å²) in [7, 11) is 1.86. The van der Waals surface area contributed by atoms with Crippen molar-refractivity contribution in [1.29, 1.82) is 0 Å². The van der Waals surface area contributed by atoms with Crippen LogP contribution in [0.1, 0.15) is 0 Å². The van der Waals surface area contributed by atoms with E-state index in [1.807, 2.05) is 17.8 Å². The molecule has 0 saturated carbocycles. The fourth-order valence-corrected chi connectivity index (χ4v) is 3.30. The largest absolute Gasteiger partial charge is 0.508 e. The third-order valence-corrected chi connectivity index (χ3v) is 4.92. The summed E-state index contributed by atoms with van der Waals surface area (Å²) in [5.74, 6) is 0.252. The van der Waals surface area contributed by atoms with Crippen molar-refractivity contribution in [2.75, 3.05) is 5.32 Å². The molecule has 2 aromatic heterocycles. The first-order valence-electron chi connectivity index (χ1n) is 7.75. The molecule has 0 fully saturated rings. The minimum atomic E-state index is -0.357. The summed E-state index contributed by atoms with van der Waals surface area (Å²) >= 11 is 1.26. The van der Waals surface area contributed by atoms with Gasteiger partial charge in [-0.05, 0) is 48.2 Å². The lowest BCUT2D eigenvalue weighted by Crippen LogP contribution is -1.97. The zero-order valence-electron chi connectivity index (χ0n) is 13.7. The average Bonchev–Trinajstić information content (AvgIpc) is 3.03. The predicted octanol–water partition coefficient (Wildman–Crippen LogP) is 4.10. The monoisotopic (exact) mass is 367 g/mol. The molecule has 0 aliphatic carbocycles. The van der Waals surface area contributed by atoms with Gasteiger partial charge in [0.25, 0.3) is 0 Å². The van der Waals surface area contributed by atoms with Crippen molar-refractivity contribution in [3.05, 3.63) is 60.9 Å². The lowest BCUT2D eigenvalue weighted by Gasteiger charge is -2.10. The molecule has 0 unspecified atom stereocenters. The van der Waals surface area contributed by atoms with Gasteiger partial charge >= 0.3 is 0 Å². The number of benzene rings is 2. The summed E-state index contributed by atoms with van der Waals surface area (Å²) < 4.78 is 16.3. The van der Waals surface area contributed by atoms with Crippen LogP contribution in [0.2, 0.25) is 0 Å². The number of aromatic hydroxyl groups is 1. The highest BCUT2D eigenvalue weighted by molar-refractivity contribution is 7.99. The molecule has 2 N–H and O–H groups in total. The van der Waals surface area contributed by atoms with E-state index in [1.165, 1.54) is 24.2 Å². The van der Waals surface area contributed by atoms with E-state index >= 15 is 0 Å². The number of aryl methyl sites for hydroxylation is 1. The van der Waals surface area contributed by atoms with Crippen LogP contribution in [0, 0.1) is 5.82 Å². The van der Waals surface area contributed by atoms with Gasteiger partial charge in [-0.15, -0.1) is 0 Å². The smallest absolute Gasteiger partial charge is 0.172 e. The van der Waals surface area contributed by atoms with Gasteiger partial charge in [0.05, 0.1) is 10.4 Å². The van der Waals surface area contributed by atoms with E-state index in [9.17, 15) is 9.50 Å². The van der Waals surface area contributed by atoms with Gasteiger partial charge in [0.15, 0.2) is 5.16 Å². The molecule has 0 spiro atoms. The number of imidazole rings is 1. The second-order valence-electron chi connectivity index (χ2n) is 5.62. The number of fused-ring (bicyclic) bond motifs is 1. The Morgan fingerprint density at radius 3 is 2.77 bits per heavy atom. The van der Waals surface area contributed by atoms with E-state index in [0.29, 0.717) is 32.5 Å². The van der Waals surface area contributed by atoms with E-state index < -0.39 is 0 Å². The number of halogens is 1. The summed E-state index contributed by atoms with van der Waals surface area (Å²) in [4.78, 5) is 13.0. The highest BCUT2D eigenvalue weighted by Crippen LogP contribution is 2.31. The Kier molecular flexibility index (Phi) is 4.18. The molecule has 0 radical (unpaired) electrons. The minimum absolute atomic E-state index is 0.114. The van der Waals surface area contributed by atoms with Gasteiger partial charge < -0.3 is 15.0 Å². The van der Waals surface area contributed by atoms with Crippen LogP contribution in [-0.4, -0.2) is 24.6 Å². The van der Waals surface area contributed by atoms with Crippen molar-refractivity contribution in [2.45, 2.75) is 10.1 Å². The van der Waals surface area contributed by atoms with Crippen molar-refractivity contribution in [1.82, 2.24) is 19.5 Å². The van der Waals surface area contributed by atoms with Gasteiger partial charge in [-0.1, -0.05) is 0 Å². The van der Waals surface area contributed by atoms with E-state index in [-0.39, 0.29) is 11.6 Å². The third kappa shape index (κ3) is 3.18. The summed E-state index contributed by atoms with van der Waals surface area (Å²) in [6, 6.07) is 9.69. The number of hydrogen-bond acceptors (Lipinski definition) is 6. The predicted molar refractivity (Wildman–Crippen MR) is 98.2 cm³/mol. The van der Waals surface area contributed by atoms with Crippen LogP contribution in [-0.2, 0) is 7.05 Å². The molecule has 2 aromatic carbocycles. The lowest BCUT2D eigenvalue weighted by atomic mass is 10.2. The highest BCUT2D eigenvalue weighted by Gasteiger charge is 2.10. The Bertz CT molecular complexity index is 1100. The quantitative estimate of drug-likeness (QED) is 0.565. The van der Waals surface area contributed by atoms with Gasteiger partial charge in [-0.25, -0.2) is 19.3 Å². The van der Waals surface area contributed by atoms with Gasteiger partial charge in [-0.2, -0.15) is 0 Å². The first kappa shape index (κ1) is 16.3. The molecule has 8 heteroatoms. The van der Waals surface area contributed by atoms with Crippen LogP contribution in [0.4, 0.5) is 15.9 Å². The first-order chi connectivity index (χ1) is 12.6. The molecule has 6 nitrogen and oxygen atoms in total. The van der Waals surface area contributed by atoms with Crippen LogP contribution < -0.4 is 5.32 Å². The fraction of sp³-hybridized carbons (Fsp3) is 0.0556. The SMILES string of the molecule is Cn1ccnc1Sc1ccc(Nc2ncnc3ccc(O)cc23)cc1F. The molecule has 2 heterocycles. The molecule has 4 rings (SSSR count). The number of anilines is 2. The molecule has 0 atom stereocenters. The molecule has 0 aliphatic heterocycles. The Labute approximate surface area is 152 Å². The molecule has 130 valence electrons. The lowest BCUT2D eigenvalue weighted by molar-refractivity contribution is 0.476. The number of hydrogen-bond donors (Lipinski definition) is 2. The zero-order valence-corrected chi connectivity index (χ0v) is 14.5. The molecular formula is C18H14FN5OS. The normalized spacial score (nSPS) is 11.0. The van der Waals surface area contributed by atoms with Crippen molar-refractivity contribution >= 4 is 34.2 Å². The Hall–Kier alpha value is -3.13. The number of phenols is 1. The summed E-state index contributed by atoms with van der Waals surface area (Å²) in [6.45, 7) is 0. The van der Waals surface area contributed by atoms with E-state index in [2.05, 4.69) is 20.3 Å². The number of nitrogens with zero attached hydrogens (tertiary/aromatic N) is 4. The molecule has 0 saturated heterocycles.